The van der Waals surface area contributed by atoms with Crippen molar-refractivity contribution in [2.45, 2.75) is 39.8 Å². The Morgan fingerprint density at radius 3 is 2.52 bits per heavy atom. The van der Waals surface area contributed by atoms with E-state index >= 15 is 0 Å². The number of hydrogen-bond acceptors (Lipinski definition) is 7. The van der Waals surface area contributed by atoms with Crippen molar-refractivity contribution in [3.05, 3.63) is 30.6 Å². The first-order chi connectivity index (χ1) is 13.4. The van der Waals surface area contributed by atoms with Gasteiger partial charge in [-0.2, -0.15) is 0 Å². The van der Waals surface area contributed by atoms with Crippen molar-refractivity contribution in [2.75, 3.05) is 26.2 Å². The van der Waals surface area contributed by atoms with Crippen LogP contribution >= 0.6 is 22.6 Å². The summed E-state index contributed by atoms with van der Waals surface area (Å²) in [5.74, 6) is -1.18. The highest BCUT2D eigenvalue weighted by atomic mass is 127. The van der Waals surface area contributed by atoms with Crippen molar-refractivity contribution < 1.29 is 23.9 Å². The van der Waals surface area contributed by atoms with Crippen LogP contribution in [0.5, 0.6) is 0 Å². The number of carbonyl (C=O) groups excluding carboxylic acids is 3. The number of ether oxygens (including phenoxy) is 2. The molecule has 0 aliphatic carbocycles. The average molecular weight is 524 g/mol. The van der Waals surface area contributed by atoms with E-state index in [4.69, 9.17) is 9.47 Å². The summed E-state index contributed by atoms with van der Waals surface area (Å²) in [6.45, 7) is 6.20. The molecular formula is C17H25IN4O7. The maximum absolute atomic E-state index is 12.6. The van der Waals surface area contributed by atoms with E-state index in [1.807, 2.05) is 0 Å². The minimum atomic E-state index is -0.744. The summed E-state index contributed by atoms with van der Waals surface area (Å²) in [5, 5.41) is 2.50. The monoisotopic (exact) mass is 524 g/mol. The second kappa shape index (κ2) is 11.0. The minimum absolute atomic E-state index is 0.00785. The van der Waals surface area contributed by atoms with Gasteiger partial charge in [-0.25, -0.2) is 9.59 Å². The zero-order chi connectivity index (χ0) is 22.2. The lowest BCUT2D eigenvalue weighted by Gasteiger charge is -2.23. The van der Waals surface area contributed by atoms with Crippen LogP contribution in [0.15, 0.2) is 15.8 Å². The highest BCUT2D eigenvalue weighted by molar-refractivity contribution is 14.1. The molecular weight excluding hydrogens is 499 g/mol. The third-order valence-corrected chi connectivity index (χ3v) is 4.07. The largest absolute Gasteiger partial charge is 0.465 e. The van der Waals surface area contributed by atoms with Crippen LogP contribution in [0.2, 0.25) is 0 Å². The molecule has 11 nitrogen and oxygen atoms in total. The molecule has 162 valence electrons. The van der Waals surface area contributed by atoms with E-state index in [0.29, 0.717) is 0 Å². The van der Waals surface area contributed by atoms with Crippen molar-refractivity contribution in [2.24, 2.45) is 0 Å². The van der Waals surface area contributed by atoms with Gasteiger partial charge in [-0.05, 0) is 50.3 Å². The smallest absolute Gasteiger partial charge is 0.407 e. The molecule has 1 heterocycles. The van der Waals surface area contributed by atoms with Gasteiger partial charge in [0.05, 0.1) is 10.2 Å². The number of halogens is 1. The van der Waals surface area contributed by atoms with E-state index in [-0.39, 0.29) is 29.8 Å². The molecule has 0 aliphatic rings. The lowest BCUT2D eigenvalue weighted by molar-refractivity contribution is -0.149. The Balaban J connectivity index is 2.83. The van der Waals surface area contributed by atoms with Gasteiger partial charge in [0.15, 0.2) is 0 Å². The number of nitrogens with zero attached hydrogens (tertiary/aromatic N) is 2. The summed E-state index contributed by atoms with van der Waals surface area (Å²) in [6, 6.07) is 0. The standard InChI is InChI=1S/C17H25IN4O7/c1-5-28-13(24)10-21(7-6-19-16(27)29-17(2,3)4)12(23)9-22-8-11(18)14(25)20-15(22)26/h8H,5-7,9-10H2,1-4H3,(H,19,27)(H,20,25,26). The van der Waals surface area contributed by atoms with Gasteiger partial charge in [-0.3, -0.25) is 23.9 Å². The Morgan fingerprint density at radius 1 is 1.28 bits per heavy atom. The van der Waals surface area contributed by atoms with Gasteiger partial charge in [0.25, 0.3) is 5.56 Å². The molecule has 1 aromatic rings. The molecule has 0 spiro atoms. The Bertz CT molecular complexity index is 857. The second-order valence-electron chi connectivity index (χ2n) is 6.91. The van der Waals surface area contributed by atoms with Crippen LogP contribution in [0.3, 0.4) is 0 Å². The number of rotatable bonds is 8. The van der Waals surface area contributed by atoms with Gasteiger partial charge in [-0.15, -0.1) is 0 Å². The van der Waals surface area contributed by atoms with Gasteiger partial charge in [0, 0.05) is 19.3 Å². The lowest BCUT2D eigenvalue weighted by atomic mass is 10.2. The zero-order valence-corrected chi connectivity index (χ0v) is 18.9. The van der Waals surface area contributed by atoms with E-state index in [1.165, 1.54) is 6.20 Å². The third kappa shape index (κ3) is 9.11. The van der Waals surface area contributed by atoms with Gasteiger partial charge in [0.1, 0.15) is 18.7 Å². The van der Waals surface area contributed by atoms with E-state index in [0.717, 1.165) is 9.47 Å². The number of nitrogens with one attached hydrogen (secondary N) is 2. The molecule has 0 saturated heterocycles. The Labute approximate surface area is 180 Å². The van der Waals surface area contributed by atoms with Crippen LogP contribution in [0.25, 0.3) is 0 Å². The van der Waals surface area contributed by atoms with Crippen LogP contribution in [-0.4, -0.2) is 64.3 Å². The number of hydrogen-bond donors (Lipinski definition) is 2. The number of amides is 2. The predicted molar refractivity (Wildman–Crippen MR) is 111 cm³/mol. The molecule has 2 amide bonds. The summed E-state index contributed by atoms with van der Waals surface area (Å²) in [7, 11) is 0. The van der Waals surface area contributed by atoms with Gasteiger partial charge >= 0.3 is 17.8 Å². The molecule has 0 unspecified atom stereocenters. The predicted octanol–water partition coefficient (Wildman–Crippen LogP) is 0.0576. The number of alkyl carbamates (subject to hydrolysis) is 1. The molecule has 2 N–H and O–H groups in total. The summed E-state index contributed by atoms with van der Waals surface area (Å²) < 4.78 is 11.2. The first-order valence-electron chi connectivity index (χ1n) is 8.82. The third-order valence-electron chi connectivity index (χ3n) is 3.30. The fourth-order valence-electron chi connectivity index (χ4n) is 2.11. The summed E-state index contributed by atoms with van der Waals surface area (Å²) in [6.07, 6.45) is 0.591. The van der Waals surface area contributed by atoms with Crippen LogP contribution in [0, 0.1) is 3.57 Å². The second-order valence-corrected chi connectivity index (χ2v) is 8.08. The topological polar surface area (TPSA) is 140 Å². The molecule has 1 aromatic heterocycles. The maximum Gasteiger partial charge on any atom is 0.407 e. The molecule has 29 heavy (non-hydrogen) atoms. The van der Waals surface area contributed by atoms with Gasteiger partial charge < -0.3 is 19.7 Å². The fraction of sp³-hybridized carbons (Fsp3) is 0.588. The fourth-order valence-corrected chi connectivity index (χ4v) is 2.58. The molecule has 0 radical (unpaired) electrons. The van der Waals surface area contributed by atoms with Crippen LogP contribution in [-0.2, 0) is 25.6 Å². The zero-order valence-electron chi connectivity index (χ0n) is 16.7. The molecule has 0 aromatic carbocycles. The first kappa shape index (κ1) is 24.7. The average Bonchev–Trinajstić information content (AvgIpc) is 2.57. The Hall–Kier alpha value is -2.38. The van der Waals surface area contributed by atoms with Gasteiger partial charge in [0.2, 0.25) is 5.91 Å². The number of aromatic amines is 1. The SMILES string of the molecule is CCOC(=O)CN(CCNC(=O)OC(C)(C)C)C(=O)Cn1cc(I)c(=O)[nH]c1=O. The Morgan fingerprint density at radius 2 is 1.93 bits per heavy atom. The molecule has 0 atom stereocenters. The molecule has 0 saturated carbocycles. The van der Waals surface area contributed by atoms with Crippen LogP contribution in [0.1, 0.15) is 27.7 Å². The summed E-state index contributed by atoms with van der Waals surface area (Å²) in [5.41, 5.74) is -1.97. The molecule has 1 rings (SSSR count). The van der Waals surface area contributed by atoms with E-state index in [9.17, 15) is 24.0 Å². The summed E-state index contributed by atoms with van der Waals surface area (Å²) in [4.78, 5) is 62.8. The molecule has 12 heteroatoms. The van der Waals surface area contributed by atoms with Crippen molar-refractivity contribution in [3.63, 3.8) is 0 Å². The first-order valence-corrected chi connectivity index (χ1v) is 9.90. The molecule has 0 fully saturated rings. The van der Waals surface area contributed by atoms with Crippen molar-refractivity contribution >= 4 is 40.6 Å². The number of H-pyrrole nitrogens is 1. The minimum Gasteiger partial charge on any atom is -0.465 e. The molecule has 0 aliphatic heterocycles. The molecule has 0 bridgehead atoms. The normalized spacial score (nSPS) is 10.9. The number of carbonyl (C=O) groups is 3. The quantitative estimate of drug-likeness (QED) is 0.362. The van der Waals surface area contributed by atoms with E-state index in [2.05, 4.69) is 10.3 Å². The van der Waals surface area contributed by atoms with Crippen LogP contribution in [0.4, 0.5) is 4.79 Å². The lowest BCUT2D eigenvalue weighted by Crippen LogP contribution is -2.45. The highest BCUT2D eigenvalue weighted by Crippen LogP contribution is 2.06. The number of esters is 1. The van der Waals surface area contributed by atoms with E-state index < -0.39 is 41.4 Å². The van der Waals surface area contributed by atoms with Crippen molar-refractivity contribution in [1.29, 1.82) is 0 Å². The van der Waals surface area contributed by atoms with E-state index in [1.54, 1.807) is 50.3 Å². The van der Waals surface area contributed by atoms with Crippen LogP contribution < -0.4 is 16.6 Å². The van der Waals surface area contributed by atoms with Crippen molar-refractivity contribution in [3.8, 4) is 0 Å². The highest BCUT2D eigenvalue weighted by Gasteiger charge is 2.20. The summed E-state index contributed by atoms with van der Waals surface area (Å²) >= 11 is 1.74. The van der Waals surface area contributed by atoms with Gasteiger partial charge in [-0.1, -0.05) is 0 Å². The Kier molecular flexibility index (Phi) is 9.33. The van der Waals surface area contributed by atoms with Crippen molar-refractivity contribution in [1.82, 2.24) is 19.8 Å². The maximum atomic E-state index is 12.6. The number of aromatic nitrogens is 2.